The van der Waals surface area contributed by atoms with E-state index in [1.165, 1.54) is 17.1 Å². The number of likely N-dealkylation sites (N-methyl/N-ethyl adjacent to an activating group) is 1. The minimum Gasteiger partial charge on any atom is -0.373 e. The smallest absolute Gasteiger partial charge is 0.279 e. The maximum atomic E-state index is 12.5. The van der Waals surface area contributed by atoms with Gasteiger partial charge in [-0.25, -0.2) is 4.72 Å². The molecular formula is C14H29N3O3S. The van der Waals surface area contributed by atoms with Gasteiger partial charge in [-0.15, -0.1) is 0 Å². The van der Waals surface area contributed by atoms with Crippen LogP contribution in [0.1, 0.15) is 39.5 Å². The highest BCUT2D eigenvalue weighted by atomic mass is 32.2. The Morgan fingerprint density at radius 1 is 1.19 bits per heavy atom. The molecule has 2 rings (SSSR count). The molecule has 1 aliphatic carbocycles. The minimum absolute atomic E-state index is 0.0312. The molecule has 1 saturated carbocycles. The van der Waals surface area contributed by atoms with Crippen molar-refractivity contribution in [2.24, 2.45) is 0 Å². The molecule has 1 heterocycles. The fourth-order valence-electron chi connectivity index (χ4n) is 3.46. The van der Waals surface area contributed by atoms with E-state index in [2.05, 4.69) is 9.62 Å². The van der Waals surface area contributed by atoms with Crippen LogP contribution < -0.4 is 4.72 Å². The van der Waals surface area contributed by atoms with Crippen molar-refractivity contribution >= 4 is 10.2 Å². The summed E-state index contributed by atoms with van der Waals surface area (Å²) in [5, 5.41) is 0. The third kappa shape index (κ3) is 3.96. The first kappa shape index (κ1) is 17.1. The molecule has 1 N–H and O–H groups in total. The van der Waals surface area contributed by atoms with Gasteiger partial charge in [0, 0.05) is 25.2 Å². The Labute approximate surface area is 129 Å². The molecular weight excluding hydrogens is 290 g/mol. The first-order chi connectivity index (χ1) is 9.75. The molecule has 2 atom stereocenters. The fourth-order valence-corrected chi connectivity index (χ4v) is 4.91. The summed E-state index contributed by atoms with van der Waals surface area (Å²) in [6, 6.07) is 0. The molecule has 6 nitrogen and oxygen atoms in total. The SMILES string of the molecule is CC1CN(S(=O)(=O)NCC2(N(C)C)CCCC2)CC(C)O1. The number of nitrogens with zero attached hydrogens (tertiary/aromatic N) is 2. The van der Waals surface area contributed by atoms with Crippen LogP contribution in [0.15, 0.2) is 0 Å². The van der Waals surface area contributed by atoms with Gasteiger partial charge in [0.1, 0.15) is 0 Å². The quantitative estimate of drug-likeness (QED) is 0.814. The summed E-state index contributed by atoms with van der Waals surface area (Å²) in [5.41, 5.74) is -0.0312. The van der Waals surface area contributed by atoms with Crippen molar-refractivity contribution in [3.05, 3.63) is 0 Å². The van der Waals surface area contributed by atoms with Crippen LogP contribution in [-0.2, 0) is 14.9 Å². The second kappa shape index (κ2) is 6.50. The zero-order valence-electron chi connectivity index (χ0n) is 13.6. The molecule has 2 unspecified atom stereocenters. The molecule has 1 aliphatic heterocycles. The monoisotopic (exact) mass is 319 g/mol. The summed E-state index contributed by atoms with van der Waals surface area (Å²) in [6.45, 7) is 5.17. The summed E-state index contributed by atoms with van der Waals surface area (Å²) in [6.07, 6.45) is 4.34. The maximum absolute atomic E-state index is 12.5. The van der Waals surface area contributed by atoms with Crippen molar-refractivity contribution in [3.63, 3.8) is 0 Å². The topological polar surface area (TPSA) is 61.9 Å². The molecule has 1 saturated heterocycles. The largest absolute Gasteiger partial charge is 0.373 e. The van der Waals surface area contributed by atoms with Crippen molar-refractivity contribution in [3.8, 4) is 0 Å². The molecule has 0 spiro atoms. The third-order valence-electron chi connectivity index (χ3n) is 4.79. The number of hydrogen-bond donors (Lipinski definition) is 1. The lowest BCUT2D eigenvalue weighted by Gasteiger charge is -2.38. The normalized spacial score (nSPS) is 30.9. The van der Waals surface area contributed by atoms with Crippen LogP contribution in [-0.4, -0.2) is 69.1 Å². The van der Waals surface area contributed by atoms with Crippen molar-refractivity contribution in [2.45, 2.75) is 57.3 Å². The van der Waals surface area contributed by atoms with Crippen molar-refractivity contribution in [1.82, 2.24) is 13.9 Å². The van der Waals surface area contributed by atoms with Gasteiger partial charge in [0.2, 0.25) is 0 Å². The van der Waals surface area contributed by atoms with Gasteiger partial charge in [-0.3, -0.25) is 0 Å². The van der Waals surface area contributed by atoms with Crippen LogP contribution in [0.4, 0.5) is 0 Å². The Bertz CT molecular complexity index is 436. The lowest BCUT2D eigenvalue weighted by Crippen LogP contribution is -2.56. The van der Waals surface area contributed by atoms with E-state index in [-0.39, 0.29) is 17.7 Å². The van der Waals surface area contributed by atoms with E-state index in [1.54, 1.807) is 0 Å². The number of hydrogen-bond acceptors (Lipinski definition) is 4. The van der Waals surface area contributed by atoms with Crippen molar-refractivity contribution in [1.29, 1.82) is 0 Å². The van der Waals surface area contributed by atoms with Crippen molar-refractivity contribution in [2.75, 3.05) is 33.7 Å². The Balaban J connectivity index is 2.00. The summed E-state index contributed by atoms with van der Waals surface area (Å²) < 4.78 is 35.0. The molecule has 2 aliphatic rings. The molecule has 0 bridgehead atoms. The maximum Gasteiger partial charge on any atom is 0.279 e. The third-order valence-corrected chi connectivity index (χ3v) is 6.28. The van der Waals surface area contributed by atoms with E-state index in [0.717, 1.165) is 12.8 Å². The summed E-state index contributed by atoms with van der Waals surface area (Å²) in [5.74, 6) is 0. The molecule has 0 aromatic rings. The van der Waals surface area contributed by atoms with Gasteiger partial charge < -0.3 is 9.64 Å². The van der Waals surface area contributed by atoms with Crippen LogP contribution in [0.25, 0.3) is 0 Å². The molecule has 7 heteroatoms. The molecule has 0 radical (unpaired) electrons. The highest BCUT2D eigenvalue weighted by Crippen LogP contribution is 2.33. The zero-order valence-corrected chi connectivity index (χ0v) is 14.4. The Morgan fingerprint density at radius 2 is 1.71 bits per heavy atom. The molecule has 0 aromatic carbocycles. The minimum atomic E-state index is -3.43. The second-order valence-corrected chi connectivity index (χ2v) is 8.48. The van der Waals surface area contributed by atoms with E-state index >= 15 is 0 Å². The van der Waals surface area contributed by atoms with E-state index < -0.39 is 10.2 Å². The second-order valence-electron chi connectivity index (χ2n) is 6.73. The predicted octanol–water partition coefficient (Wildman–Crippen LogP) is 0.804. The zero-order chi connectivity index (χ0) is 15.7. The molecule has 0 aromatic heterocycles. The Kier molecular flexibility index (Phi) is 5.31. The molecule has 2 fully saturated rings. The van der Waals surface area contributed by atoms with Crippen LogP contribution in [0.3, 0.4) is 0 Å². The summed E-state index contributed by atoms with van der Waals surface area (Å²) in [7, 11) is 0.649. The van der Waals surface area contributed by atoms with Crippen LogP contribution >= 0.6 is 0 Å². The lowest BCUT2D eigenvalue weighted by atomic mass is 9.97. The molecule has 124 valence electrons. The first-order valence-corrected chi connectivity index (χ1v) is 9.27. The van der Waals surface area contributed by atoms with Gasteiger partial charge in [0.05, 0.1) is 12.2 Å². The van der Waals surface area contributed by atoms with Crippen molar-refractivity contribution < 1.29 is 13.2 Å². The van der Waals surface area contributed by atoms with E-state index in [0.29, 0.717) is 19.6 Å². The summed E-state index contributed by atoms with van der Waals surface area (Å²) in [4.78, 5) is 2.17. The van der Waals surface area contributed by atoms with E-state index in [4.69, 9.17) is 4.74 Å². The molecule has 21 heavy (non-hydrogen) atoms. The molecule has 0 amide bonds. The average molecular weight is 319 g/mol. The Hall–Kier alpha value is -0.210. The van der Waals surface area contributed by atoms with Gasteiger partial charge in [0.25, 0.3) is 10.2 Å². The van der Waals surface area contributed by atoms with Gasteiger partial charge in [-0.2, -0.15) is 12.7 Å². The van der Waals surface area contributed by atoms with Crippen LogP contribution in [0.2, 0.25) is 0 Å². The number of nitrogens with one attached hydrogen (secondary N) is 1. The van der Waals surface area contributed by atoms with Gasteiger partial charge in [-0.05, 0) is 40.8 Å². The number of rotatable bonds is 5. The highest BCUT2D eigenvalue weighted by molar-refractivity contribution is 7.87. The number of morpholine rings is 1. The van der Waals surface area contributed by atoms with Gasteiger partial charge >= 0.3 is 0 Å². The highest BCUT2D eigenvalue weighted by Gasteiger charge is 2.38. The van der Waals surface area contributed by atoms with Gasteiger partial charge in [0.15, 0.2) is 0 Å². The predicted molar refractivity (Wildman–Crippen MR) is 83.4 cm³/mol. The standard InChI is InChI=1S/C14H29N3O3S/c1-12-9-17(10-13(2)20-12)21(18,19)15-11-14(16(3)4)7-5-6-8-14/h12-13,15H,5-11H2,1-4H3. The van der Waals surface area contributed by atoms with Gasteiger partial charge in [-0.1, -0.05) is 12.8 Å². The summed E-state index contributed by atoms with van der Waals surface area (Å²) >= 11 is 0. The average Bonchev–Trinajstić information content (AvgIpc) is 2.85. The van der Waals surface area contributed by atoms with E-state index in [9.17, 15) is 8.42 Å². The first-order valence-electron chi connectivity index (χ1n) is 7.83. The van der Waals surface area contributed by atoms with Crippen LogP contribution in [0.5, 0.6) is 0 Å². The Morgan fingerprint density at radius 3 is 2.19 bits per heavy atom. The van der Waals surface area contributed by atoms with Crippen LogP contribution in [0, 0.1) is 0 Å². The number of ether oxygens (including phenoxy) is 1. The lowest BCUT2D eigenvalue weighted by molar-refractivity contribution is -0.0444. The van der Waals surface area contributed by atoms with E-state index in [1.807, 2.05) is 27.9 Å². The fraction of sp³-hybridized carbons (Fsp3) is 1.00.